The molecule has 0 bridgehead atoms. The van der Waals surface area contributed by atoms with E-state index < -0.39 is 147 Å². The summed E-state index contributed by atoms with van der Waals surface area (Å²) in [5.74, 6) is -9.20. The topological polar surface area (TPSA) is 464 Å². The number of hydrogen-bond donors (Lipinski definition) is 15. The molecular formula is C29H51N13O13. The van der Waals surface area contributed by atoms with Gasteiger partial charge in [0.1, 0.15) is 42.5 Å². The molecule has 1 heterocycles. The highest BCUT2D eigenvalue weighted by Gasteiger charge is 2.45. The van der Waals surface area contributed by atoms with E-state index in [0.717, 1.165) is 6.92 Å². The van der Waals surface area contributed by atoms with E-state index in [1.54, 1.807) is 0 Å². The molecule has 0 aliphatic carbocycles. The molecule has 0 aromatic heterocycles. The van der Waals surface area contributed by atoms with Crippen LogP contribution < -0.4 is 66.3 Å². The molecule has 1 rings (SSSR count). The summed E-state index contributed by atoms with van der Waals surface area (Å²) in [7, 11) is 0. The number of nitrogens with one attached hydrogen (secondary N) is 6. The van der Waals surface area contributed by atoms with Crippen LogP contribution in [0.25, 0.3) is 0 Å². The SMILES string of the molecule is CC(=O)N[C@@H]1[C@@H](O)[C@H](O)[C@@H](CO)O[C@H]1NC(=O)C[C@H](NC(=O)[C@H](CCC(N)=O)NC(=O)[C@@H](N)CCCN=C(N)N)C(=O)NCC(=O)N[C@@H](CC(N)=O)C(N)=O. The molecule has 1 aliphatic heterocycles. The molecule has 0 saturated carbocycles. The fourth-order valence-electron chi connectivity index (χ4n) is 4.96. The van der Waals surface area contributed by atoms with Crippen LogP contribution in [0.15, 0.2) is 4.99 Å². The normalized spacial score (nSPS) is 21.2. The summed E-state index contributed by atoms with van der Waals surface area (Å²) >= 11 is 0. The average molecular weight is 790 g/mol. The molecule has 0 spiro atoms. The number of guanidine groups is 1. The summed E-state index contributed by atoms with van der Waals surface area (Å²) in [6, 6.07) is -7.65. The maximum Gasteiger partial charge on any atom is 0.243 e. The molecule has 1 saturated heterocycles. The van der Waals surface area contributed by atoms with E-state index in [0.29, 0.717) is 0 Å². The number of primary amides is 3. The van der Waals surface area contributed by atoms with E-state index in [-0.39, 0.29) is 25.3 Å². The Hall–Kier alpha value is -5.70. The lowest BCUT2D eigenvalue weighted by molar-refractivity contribution is -0.203. The monoisotopic (exact) mass is 789 g/mol. The Morgan fingerprint density at radius 2 is 1.38 bits per heavy atom. The summed E-state index contributed by atoms with van der Waals surface area (Å²) in [5.41, 5.74) is 31.9. The predicted molar refractivity (Wildman–Crippen MR) is 186 cm³/mol. The maximum atomic E-state index is 13.5. The smallest absolute Gasteiger partial charge is 0.243 e. The Kier molecular flexibility index (Phi) is 19.9. The van der Waals surface area contributed by atoms with E-state index in [1.807, 2.05) is 0 Å². The zero-order valence-corrected chi connectivity index (χ0v) is 29.9. The van der Waals surface area contributed by atoms with E-state index in [4.69, 9.17) is 39.1 Å². The van der Waals surface area contributed by atoms with Crippen molar-refractivity contribution < 1.29 is 63.2 Å². The second-order valence-electron chi connectivity index (χ2n) is 12.4. The minimum absolute atomic E-state index is 0.0572. The van der Waals surface area contributed by atoms with Crippen LogP contribution >= 0.6 is 0 Å². The van der Waals surface area contributed by atoms with Crippen molar-refractivity contribution in [2.45, 2.75) is 100 Å². The van der Waals surface area contributed by atoms with Gasteiger partial charge in [0.15, 0.2) is 12.2 Å². The van der Waals surface area contributed by atoms with Gasteiger partial charge >= 0.3 is 0 Å². The van der Waals surface area contributed by atoms with Gasteiger partial charge in [-0.05, 0) is 19.3 Å². The van der Waals surface area contributed by atoms with E-state index >= 15 is 0 Å². The van der Waals surface area contributed by atoms with E-state index in [9.17, 15) is 58.5 Å². The van der Waals surface area contributed by atoms with Gasteiger partial charge in [-0.3, -0.25) is 48.1 Å². The number of amides is 9. The number of aliphatic hydroxyl groups is 3. The van der Waals surface area contributed by atoms with Crippen LogP contribution in [0.4, 0.5) is 0 Å². The fourth-order valence-corrected chi connectivity index (χ4v) is 4.96. The number of nitrogens with two attached hydrogens (primary N) is 6. The summed E-state index contributed by atoms with van der Waals surface area (Å²) in [4.78, 5) is 116. The molecule has 9 atom stereocenters. The van der Waals surface area contributed by atoms with Crippen molar-refractivity contribution in [3.05, 3.63) is 0 Å². The number of aliphatic hydroxyl groups excluding tert-OH is 3. The number of carbonyl (C=O) groups is 9. The minimum Gasteiger partial charge on any atom is -0.394 e. The third-order valence-corrected chi connectivity index (χ3v) is 7.75. The van der Waals surface area contributed by atoms with Gasteiger partial charge in [-0.15, -0.1) is 0 Å². The molecule has 0 unspecified atom stereocenters. The van der Waals surface area contributed by atoms with Gasteiger partial charge in [-0.1, -0.05) is 0 Å². The number of aliphatic imine (C=N–C) groups is 1. The lowest BCUT2D eigenvalue weighted by atomic mass is 9.95. The summed E-state index contributed by atoms with van der Waals surface area (Å²) in [5, 5.41) is 43.8. The molecule has 1 aliphatic rings. The fraction of sp³-hybridized carbons (Fsp3) is 0.655. The summed E-state index contributed by atoms with van der Waals surface area (Å²) < 4.78 is 5.45. The van der Waals surface area contributed by atoms with Gasteiger partial charge in [0.2, 0.25) is 53.2 Å². The number of hydrogen-bond acceptors (Lipinski definition) is 15. The Morgan fingerprint density at radius 1 is 0.745 bits per heavy atom. The van der Waals surface area contributed by atoms with Gasteiger partial charge in [0.05, 0.1) is 32.0 Å². The second kappa shape index (κ2) is 23.2. The van der Waals surface area contributed by atoms with Crippen molar-refractivity contribution in [2.24, 2.45) is 39.4 Å². The molecule has 0 aromatic carbocycles. The first-order chi connectivity index (χ1) is 25.7. The van der Waals surface area contributed by atoms with Gasteiger partial charge in [0, 0.05) is 19.9 Å². The molecule has 310 valence electrons. The van der Waals surface area contributed by atoms with Gasteiger partial charge in [-0.2, -0.15) is 0 Å². The van der Waals surface area contributed by atoms with Crippen LogP contribution in [-0.2, 0) is 47.9 Å². The highest BCUT2D eigenvalue weighted by molar-refractivity contribution is 5.97. The number of nitrogens with zero attached hydrogens (tertiary/aromatic N) is 1. The first-order valence-corrected chi connectivity index (χ1v) is 16.7. The standard InChI is InChI=1S/C29H51N13O13/c1-11(44)38-21-23(50)22(49)16(10-43)55-28(21)42-19(47)8-15(26(53)37-9-20(48)39-14(24(33)51)7-18(32)46)41-27(54)13(4-5-17(31)45)40-25(52)12(30)3-2-6-36-29(34)35/h12-16,21-23,28,43,49-50H,2-10,30H2,1H3,(H2,31,45)(H2,32,46)(H2,33,51)(H,37,53)(H,38,44)(H,39,48)(H,40,52)(H,41,54)(H,42,47)(H4,34,35,36)/t12-,13-,14-,15-,16+,21+,22+,23+,28+/m0/s1. The van der Waals surface area contributed by atoms with Gasteiger partial charge in [0.25, 0.3) is 0 Å². The van der Waals surface area contributed by atoms with Crippen LogP contribution in [-0.4, -0.2) is 149 Å². The van der Waals surface area contributed by atoms with E-state index in [2.05, 4.69) is 36.9 Å². The van der Waals surface area contributed by atoms with Gasteiger partial charge < -0.3 is 86.4 Å². The maximum absolute atomic E-state index is 13.5. The van der Waals surface area contributed by atoms with Crippen molar-refractivity contribution in [1.82, 2.24) is 31.9 Å². The largest absolute Gasteiger partial charge is 0.394 e. The number of ether oxygens (including phenoxy) is 1. The molecule has 55 heavy (non-hydrogen) atoms. The lowest BCUT2D eigenvalue weighted by Gasteiger charge is -2.42. The predicted octanol–water partition coefficient (Wildman–Crippen LogP) is -9.99. The summed E-state index contributed by atoms with van der Waals surface area (Å²) in [6.07, 6.45) is -8.65. The molecule has 1 fully saturated rings. The van der Waals surface area contributed by atoms with E-state index in [1.165, 1.54) is 0 Å². The first kappa shape index (κ1) is 47.3. The molecule has 0 aromatic rings. The quantitative estimate of drug-likeness (QED) is 0.0260. The van der Waals surface area contributed by atoms with Crippen LogP contribution in [0.5, 0.6) is 0 Å². The first-order valence-electron chi connectivity index (χ1n) is 16.7. The molecular weight excluding hydrogens is 738 g/mol. The lowest BCUT2D eigenvalue weighted by Crippen LogP contribution is -2.68. The minimum atomic E-state index is -1.88. The average Bonchev–Trinajstić information content (AvgIpc) is 3.08. The zero-order valence-electron chi connectivity index (χ0n) is 29.9. The van der Waals surface area contributed by atoms with Crippen LogP contribution in [0.1, 0.15) is 45.4 Å². The Balaban J connectivity index is 3.32. The zero-order chi connectivity index (χ0) is 42.0. The Bertz CT molecular complexity index is 1440. The van der Waals surface area contributed by atoms with Crippen molar-refractivity contribution in [3.63, 3.8) is 0 Å². The van der Waals surface area contributed by atoms with Crippen LogP contribution in [0.2, 0.25) is 0 Å². The molecule has 0 radical (unpaired) electrons. The van der Waals surface area contributed by atoms with Crippen LogP contribution in [0.3, 0.4) is 0 Å². The molecule has 21 N–H and O–H groups in total. The molecule has 26 nitrogen and oxygen atoms in total. The number of carbonyl (C=O) groups excluding carboxylic acids is 9. The van der Waals surface area contributed by atoms with Crippen molar-refractivity contribution in [3.8, 4) is 0 Å². The Labute approximate surface area is 313 Å². The molecule has 26 heteroatoms. The van der Waals surface area contributed by atoms with Gasteiger partial charge in [-0.25, -0.2) is 0 Å². The van der Waals surface area contributed by atoms with Crippen LogP contribution in [0, 0.1) is 0 Å². The molecule has 9 amide bonds. The highest BCUT2D eigenvalue weighted by Crippen LogP contribution is 2.20. The third-order valence-electron chi connectivity index (χ3n) is 7.75. The summed E-state index contributed by atoms with van der Waals surface area (Å²) in [6.45, 7) is -0.522. The third kappa shape index (κ3) is 17.3. The Morgan fingerprint density at radius 3 is 1.93 bits per heavy atom. The van der Waals surface area contributed by atoms with Crippen molar-refractivity contribution in [2.75, 3.05) is 19.7 Å². The number of rotatable bonds is 23. The van der Waals surface area contributed by atoms with Crippen molar-refractivity contribution >= 4 is 59.1 Å². The second-order valence-corrected chi connectivity index (χ2v) is 12.4. The highest BCUT2D eigenvalue weighted by atomic mass is 16.5. The van der Waals surface area contributed by atoms with Crippen molar-refractivity contribution in [1.29, 1.82) is 0 Å².